The summed E-state index contributed by atoms with van der Waals surface area (Å²) in [6.07, 6.45) is 1.31. The summed E-state index contributed by atoms with van der Waals surface area (Å²) in [6, 6.07) is 7.90. The maximum atomic E-state index is 9.94. The van der Waals surface area contributed by atoms with Gasteiger partial charge in [0.1, 0.15) is 5.75 Å². The van der Waals surface area contributed by atoms with E-state index < -0.39 is 0 Å². The van der Waals surface area contributed by atoms with E-state index in [0.717, 1.165) is 43.5 Å². The second-order valence-electron chi connectivity index (χ2n) is 6.52. The molecule has 6 nitrogen and oxygen atoms in total. The molecule has 0 aliphatic carbocycles. The summed E-state index contributed by atoms with van der Waals surface area (Å²) in [4.78, 5) is 4.64. The van der Waals surface area contributed by atoms with Crippen LogP contribution in [0.3, 0.4) is 0 Å². The molecule has 0 aliphatic heterocycles. The van der Waals surface area contributed by atoms with Crippen molar-refractivity contribution in [3.63, 3.8) is 0 Å². The molecule has 0 heterocycles. The van der Waals surface area contributed by atoms with Crippen LogP contribution in [-0.2, 0) is 11.3 Å². The number of rotatable bonds is 12. The van der Waals surface area contributed by atoms with E-state index in [4.69, 9.17) is 9.47 Å². The van der Waals surface area contributed by atoms with Gasteiger partial charge in [0.25, 0.3) is 0 Å². The normalized spacial score (nSPS) is 12.9. The van der Waals surface area contributed by atoms with E-state index in [2.05, 4.69) is 15.6 Å². The Balaban J connectivity index is 2.53. The van der Waals surface area contributed by atoms with Crippen molar-refractivity contribution in [2.24, 2.45) is 10.9 Å². The van der Waals surface area contributed by atoms with E-state index >= 15 is 0 Å². The predicted octanol–water partition coefficient (Wildman–Crippen LogP) is 2.56. The van der Waals surface area contributed by atoms with Crippen LogP contribution in [0, 0.1) is 5.92 Å². The molecule has 6 heteroatoms. The first-order valence-corrected chi connectivity index (χ1v) is 9.47. The molecule has 1 atom stereocenters. The molecule has 1 aromatic carbocycles. The van der Waals surface area contributed by atoms with Crippen LogP contribution >= 0.6 is 0 Å². The highest BCUT2D eigenvalue weighted by molar-refractivity contribution is 5.79. The van der Waals surface area contributed by atoms with Gasteiger partial charge < -0.3 is 25.2 Å². The van der Waals surface area contributed by atoms with Crippen molar-refractivity contribution >= 4 is 5.96 Å². The standard InChI is InChI=1S/C20H35N3O3/c1-5-26-14-6-12-21-20(22-13-11-19(24)16(2)3)23-15-17-7-9-18(25-4)10-8-17/h7-10,16,19,24H,5-6,11-15H2,1-4H3,(H2,21,22,23). The van der Waals surface area contributed by atoms with E-state index in [0.29, 0.717) is 19.5 Å². The molecule has 0 aliphatic rings. The number of aliphatic hydroxyl groups is 1. The Morgan fingerprint density at radius 2 is 1.85 bits per heavy atom. The van der Waals surface area contributed by atoms with Gasteiger partial charge in [-0.05, 0) is 43.4 Å². The number of nitrogens with zero attached hydrogens (tertiary/aromatic N) is 1. The number of guanidine groups is 1. The molecule has 26 heavy (non-hydrogen) atoms. The van der Waals surface area contributed by atoms with Crippen LogP contribution in [0.4, 0.5) is 0 Å². The smallest absolute Gasteiger partial charge is 0.191 e. The number of hydrogen-bond acceptors (Lipinski definition) is 4. The molecule has 0 saturated heterocycles. The molecule has 0 radical (unpaired) electrons. The lowest BCUT2D eigenvalue weighted by Crippen LogP contribution is -2.39. The number of hydrogen-bond donors (Lipinski definition) is 3. The fraction of sp³-hybridized carbons (Fsp3) is 0.650. The molecular weight excluding hydrogens is 330 g/mol. The number of ether oxygens (including phenoxy) is 2. The van der Waals surface area contributed by atoms with Crippen molar-refractivity contribution in [2.45, 2.75) is 46.3 Å². The first-order chi connectivity index (χ1) is 12.6. The zero-order valence-electron chi connectivity index (χ0n) is 16.6. The molecular formula is C20H35N3O3. The molecule has 0 aromatic heterocycles. The van der Waals surface area contributed by atoms with Crippen molar-refractivity contribution in [1.82, 2.24) is 10.6 Å². The zero-order valence-corrected chi connectivity index (χ0v) is 16.6. The van der Waals surface area contributed by atoms with Crippen LogP contribution < -0.4 is 15.4 Å². The van der Waals surface area contributed by atoms with E-state index in [-0.39, 0.29) is 12.0 Å². The number of methoxy groups -OCH3 is 1. The lowest BCUT2D eigenvalue weighted by molar-refractivity contribution is 0.117. The fourth-order valence-electron chi connectivity index (χ4n) is 2.27. The predicted molar refractivity (Wildman–Crippen MR) is 107 cm³/mol. The first-order valence-electron chi connectivity index (χ1n) is 9.47. The van der Waals surface area contributed by atoms with Crippen molar-refractivity contribution < 1.29 is 14.6 Å². The third kappa shape index (κ3) is 9.63. The molecule has 0 amide bonds. The van der Waals surface area contributed by atoms with E-state index in [1.54, 1.807) is 7.11 Å². The molecule has 0 fully saturated rings. The van der Waals surface area contributed by atoms with Gasteiger partial charge in [-0.3, -0.25) is 0 Å². The second-order valence-corrected chi connectivity index (χ2v) is 6.52. The van der Waals surface area contributed by atoms with Gasteiger partial charge in [-0.15, -0.1) is 0 Å². The van der Waals surface area contributed by atoms with Crippen LogP contribution in [0.25, 0.3) is 0 Å². The summed E-state index contributed by atoms with van der Waals surface area (Å²) in [6.45, 7) is 9.57. The summed E-state index contributed by atoms with van der Waals surface area (Å²) in [7, 11) is 1.66. The minimum atomic E-state index is -0.303. The first kappa shape index (κ1) is 22.3. The quantitative estimate of drug-likeness (QED) is 0.302. The van der Waals surface area contributed by atoms with Gasteiger partial charge in [0.2, 0.25) is 0 Å². The van der Waals surface area contributed by atoms with Gasteiger partial charge in [0.15, 0.2) is 5.96 Å². The maximum Gasteiger partial charge on any atom is 0.191 e. The molecule has 1 unspecified atom stereocenters. The van der Waals surface area contributed by atoms with Crippen molar-refractivity contribution in [3.8, 4) is 5.75 Å². The van der Waals surface area contributed by atoms with Gasteiger partial charge in [-0.1, -0.05) is 26.0 Å². The SMILES string of the molecule is CCOCCCNC(=NCc1ccc(OC)cc1)NCCC(O)C(C)C. The highest BCUT2D eigenvalue weighted by Gasteiger charge is 2.09. The number of aliphatic imine (C=N–C) groups is 1. The molecule has 1 aromatic rings. The largest absolute Gasteiger partial charge is 0.497 e. The lowest BCUT2D eigenvalue weighted by Gasteiger charge is -2.17. The van der Waals surface area contributed by atoms with Crippen LogP contribution in [-0.4, -0.2) is 50.6 Å². The van der Waals surface area contributed by atoms with E-state index in [1.807, 2.05) is 45.0 Å². The Morgan fingerprint density at radius 3 is 2.46 bits per heavy atom. The zero-order chi connectivity index (χ0) is 19.2. The lowest BCUT2D eigenvalue weighted by atomic mass is 10.0. The summed E-state index contributed by atoms with van der Waals surface area (Å²) in [5, 5.41) is 16.6. The molecule has 0 saturated carbocycles. The van der Waals surface area contributed by atoms with Crippen molar-refractivity contribution in [3.05, 3.63) is 29.8 Å². The Bertz CT molecular complexity index is 504. The molecule has 1 rings (SSSR count). The van der Waals surface area contributed by atoms with Gasteiger partial charge in [-0.2, -0.15) is 0 Å². The average Bonchev–Trinajstić information content (AvgIpc) is 2.65. The van der Waals surface area contributed by atoms with Crippen molar-refractivity contribution in [2.75, 3.05) is 33.4 Å². The summed E-state index contributed by atoms with van der Waals surface area (Å²) < 4.78 is 10.5. The number of benzene rings is 1. The summed E-state index contributed by atoms with van der Waals surface area (Å²) in [5.74, 6) is 1.86. The third-order valence-electron chi connectivity index (χ3n) is 4.04. The van der Waals surface area contributed by atoms with Gasteiger partial charge in [0, 0.05) is 26.3 Å². The Labute approximate surface area is 158 Å². The van der Waals surface area contributed by atoms with Crippen LogP contribution in [0.2, 0.25) is 0 Å². The maximum absolute atomic E-state index is 9.94. The molecule has 0 spiro atoms. The second kappa shape index (κ2) is 13.4. The number of nitrogens with one attached hydrogen (secondary N) is 2. The topological polar surface area (TPSA) is 75.1 Å². The third-order valence-corrected chi connectivity index (χ3v) is 4.04. The molecule has 148 valence electrons. The minimum absolute atomic E-state index is 0.260. The summed E-state index contributed by atoms with van der Waals surface area (Å²) in [5.41, 5.74) is 1.11. The minimum Gasteiger partial charge on any atom is -0.497 e. The van der Waals surface area contributed by atoms with Crippen LogP contribution in [0.1, 0.15) is 39.2 Å². The van der Waals surface area contributed by atoms with E-state index in [9.17, 15) is 5.11 Å². The Hall–Kier alpha value is -1.79. The molecule has 3 N–H and O–H groups in total. The van der Waals surface area contributed by atoms with Gasteiger partial charge in [0.05, 0.1) is 19.8 Å². The van der Waals surface area contributed by atoms with Crippen LogP contribution in [0.15, 0.2) is 29.3 Å². The van der Waals surface area contributed by atoms with Gasteiger partial charge in [-0.25, -0.2) is 4.99 Å². The van der Waals surface area contributed by atoms with E-state index in [1.165, 1.54) is 0 Å². The highest BCUT2D eigenvalue weighted by atomic mass is 16.5. The monoisotopic (exact) mass is 365 g/mol. The average molecular weight is 366 g/mol. The van der Waals surface area contributed by atoms with Gasteiger partial charge >= 0.3 is 0 Å². The Kier molecular flexibility index (Phi) is 11.5. The summed E-state index contributed by atoms with van der Waals surface area (Å²) >= 11 is 0. The Morgan fingerprint density at radius 1 is 1.15 bits per heavy atom. The van der Waals surface area contributed by atoms with Crippen molar-refractivity contribution in [1.29, 1.82) is 0 Å². The number of aliphatic hydroxyl groups excluding tert-OH is 1. The fourth-order valence-corrected chi connectivity index (χ4v) is 2.27. The highest BCUT2D eigenvalue weighted by Crippen LogP contribution is 2.11. The molecule has 0 bridgehead atoms. The van der Waals surface area contributed by atoms with Crippen LogP contribution in [0.5, 0.6) is 5.75 Å².